The molecule has 1 heterocycles. The second-order valence-electron chi connectivity index (χ2n) is 4.34. The lowest BCUT2D eigenvalue weighted by molar-refractivity contribution is 0.391. The highest BCUT2D eigenvalue weighted by Gasteiger charge is 2.11. The maximum atomic E-state index is 13.3. The highest BCUT2D eigenvalue weighted by molar-refractivity contribution is 5.85. The molecule has 1 aliphatic heterocycles. The fraction of sp³-hybridized carbons (Fsp3) is 0.538. The van der Waals surface area contributed by atoms with Crippen molar-refractivity contribution >= 4 is 12.4 Å². The van der Waals surface area contributed by atoms with Crippen molar-refractivity contribution < 1.29 is 4.39 Å². The quantitative estimate of drug-likeness (QED) is 0.865. The van der Waals surface area contributed by atoms with Gasteiger partial charge in [-0.1, -0.05) is 18.2 Å². The predicted molar refractivity (Wildman–Crippen MR) is 71.2 cm³/mol. The van der Waals surface area contributed by atoms with Crippen LogP contribution >= 0.6 is 12.4 Å². The molecular weight excluding hydrogens is 239 g/mol. The van der Waals surface area contributed by atoms with Crippen LogP contribution in [0, 0.1) is 5.82 Å². The standard InChI is InChI=1S/C13H19FN2.ClH/c14-13-6-2-1-4-11(13)7-9-16-12-5-3-8-15-10-12;/h1-2,4,6,12,15-16H,3,5,7-10H2;1H. The largest absolute Gasteiger partial charge is 0.315 e. The van der Waals surface area contributed by atoms with Gasteiger partial charge >= 0.3 is 0 Å². The molecule has 96 valence electrons. The monoisotopic (exact) mass is 258 g/mol. The van der Waals surface area contributed by atoms with Crippen molar-refractivity contribution in [3.63, 3.8) is 0 Å². The summed E-state index contributed by atoms with van der Waals surface area (Å²) in [5.74, 6) is -0.0916. The van der Waals surface area contributed by atoms with E-state index in [0.717, 1.165) is 31.6 Å². The van der Waals surface area contributed by atoms with Gasteiger partial charge in [-0.25, -0.2) is 4.39 Å². The van der Waals surface area contributed by atoms with Crippen molar-refractivity contribution in [3.8, 4) is 0 Å². The average molecular weight is 259 g/mol. The van der Waals surface area contributed by atoms with Gasteiger partial charge in [0.05, 0.1) is 0 Å². The summed E-state index contributed by atoms with van der Waals surface area (Å²) in [5.41, 5.74) is 0.804. The molecule has 17 heavy (non-hydrogen) atoms. The molecule has 0 saturated carbocycles. The fourth-order valence-corrected chi connectivity index (χ4v) is 2.14. The zero-order chi connectivity index (χ0) is 11.2. The third kappa shape index (κ3) is 4.62. The summed E-state index contributed by atoms with van der Waals surface area (Å²) in [6.45, 7) is 3.02. The normalized spacial score (nSPS) is 19.7. The number of hydrogen-bond acceptors (Lipinski definition) is 2. The van der Waals surface area contributed by atoms with Crippen LogP contribution in [0.4, 0.5) is 4.39 Å². The molecule has 0 spiro atoms. The maximum Gasteiger partial charge on any atom is 0.126 e. The first-order valence-electron chi connectivity index (χ1n) is 6.04. The van der Waals surface area contributed by atoms with Gasteiger partial charge in [-0.15, -0.1) is 12.4 Å². The van der Waals surface area contributed by atoms with Crippen LogP contribution in [0.2, 0.25) is 0 Å². The number of benzene rings is 1. The van der Waals surface area contributed by atoms with E-state index in [1.54, 1.807) is 6.07 Å². The van der Waals surface area contributed by atoms with E-state index in [1.807, 2.05) is 12.1 Å². The van der Waals surface area contributed by atoms with Crippen molar-refractivity contribution in [1.82, 2.24) is 10.6 Å². The van der Waals surface area contributed by atoms with E-state index >= 15 is 0 Å². The van der Waals surface area contributed by atoms with Gasteiger partial charge < -0.3 is 10.6 Å². The molecule has 0 aliphatic carbocycles. The third-order valence-electron chi connectivity index (χ3n) is 3.08. The second-order valence-corrected chi connectivity index (χ2v) is 4.34. The molecule has 0 bridgehead atoms. The minimum atomic E-state index is -0.0916. The Morgan fingerprint density at radius 2 is 2.18 bits per heavy atom. The number of rotatable bonds is 4. The summed E-state index contributed by atoms with van der Waals surface area (Å²) in [7, 11) is 0. The topological polar surface area (TPSA) is 24.1 Å². The Morgan fingerprint density at radius 1 is 1.35 bits per heavy atom. The Kier molecular flexibility index (Phi) is 6.48. The molecule has 2 N–H and O–H groups in total. The van der Waals surface area contributed by atoms with Gasteiger partial charge in [-0.2, -0.15) is 0 Å². The van der Waals surface area contributed by atoms with Crippen molar-refractivity contribution in [2.45, 2.75) is 25.3 Å². The van der Waals surface area contributed by atoms with Crippen LogP contribution in [0.15, 0.2) is 24.3 Å². The summed E-state index contributed by atoms with van der Waals surface area (Å²) < 4.78 is 13.3. The smallest absolute Gasteiger partial charge is 0.126 e. The average Bonchev–Trinajstić information content (AvgIpc) is 2.33. The van der Waals surface area contributed by atoms with Gasteiger partial charge in [-0.3, -0.25) is 0 Å². The first-order chi connectivity index (χ1) is 7.86. The highest BCUT2D eigenvalue weighted by atomic mass is 35.5. The molecule has 1 aliphatic rings. The van der Waals surface area contributed by atoms with Gasteiger partial charge in [0.1, 0.15) is 5.82 Å². The van der Waals surface area contributed by atoms with Crippen LogP contribution in [0.5, 0.6) is 0 Å². The lowest BCUT2D eigenvalue weighted by Crippen LogP contribution is -2.43. The first kappa shape index (κ1) is 14.4. The number of piperidine rings is 1. The molecule has 1 atom stereocenters. The van der Waals surface area contributed by atoms with Gasteiger partial charge in [0.25, 0.3) is 0 Å². The molecule has 0 amide bonds. The van der Waals surface area contributed by atoms with E-state index < -0.39 is 0 Å². The molecular formula is C13H20ClFN2. The van der Waals surface area contributed by atoms with Crippen molar-refractivity contribution in [1.29, 1.82) is 0 Å². The molecule has 1 aromatic carbocycles. The van der Waals surface area contributed by atoms with Crippen LogP contribution < -0.4 is 10.6 Å². The van der Waals surface area contributed by atoms with Gasteiger partial charge in [-0.05, 0) is 44.0 Å². The lowest BCUT2D eigenvalue weighted by atomic mass is 10.1. The van der Waals surface area contributed by atoms with E-state index in [4.69, 9.17) is 0 Å². The molecule has 2 rings (SSSR count). The van der Waals surface area contributed by atoms with E-state index in [1.165, 1.54) is 18.9 Å². The Balaban J connectivity index is 0.00000144. The van der Waals surface area contributed by atoms with Crippen LogP contribution in [-0.4, -0.2) is 25.7 Å². The Labute approximate surface area is 108 Å². The molecule has 2 nitrogen and oxygen atoms in total. The van der Waals surface area contributed by atoms with Gasteiger partial charge in [0.2, 0.25) is 0 Å². The highest BCUT2D eigenvalue weighted by Crippen LogP contribution is 2.07. The van der Waals surface area contributed by atoms with Crippen molar-refractivity contribution in [3.05, 3.63) is 35.6 Å². The molecule has 1 saturated heterocycles. The summed E-state index contributed by atoms with van der Waals surface area (Å²) in [6.07, 6.45) is 3.23. The molecule has 1 aromatic rings. The first-order valence-corrected chi connectivity index (χ1v) is 6.04. The van der Waals surface area contributed by atoms with E-state index in [2.05, 4.69) is 10.6 Å². The van der Waals surface area contributed by atoms with E-state index in [-0.39, 0.29) is 18.2 Å². The Hall–Kier alpha value is -0.640. The van der Waals surface area contributed by atoms with Gasteiger partial charge in [0, 0.05) is 12.6 Å². The zero-order valence-corrected chi connectivity index (χ0v) is 10.7. The van der Waals surface area contributed by atoms with Crippen LogP contribution in [0.25, 0.3) is 0 Å². The molecule has 4 heteroatoms. The summed E-state index contributed by atoms with van der Waals surface area (Å²) in [5, 5.41) is 6.83. The number of hydrogen-bond donors (Lipinski definition) is 2. The molecule has 1 fully saturated rings. The van der Waals surface area contributed by atoms with E-state index in [9.17, 15) is 4.39 Å². The predicted octanol–water partition coefficient (Wildman–Crippen LogP) is 2.13. The van der Waals surface area contributed by atoms with Crippen molar-refractivity contribution in [2.24, 2.45) is 0 Å². The third-order valence-corrected chi connectivity index (χ3v) is 3.08. The number of nitrogens with one attached hydrogen (secondary N) is 2. The molecule has 1 unspecified atom stereocenters. The van der Waals surface area contributed by atoms with Crippen molar-refractivity contribution in [2.75, 3.05) is 19.6 Å². The molecule has 0 radical (unpaired) electrons. The lowest BCUT2D eigenvalue weighted by Gasteiger charge is -2.23. The Morgan fingerprint density at radius 3 is 2.88 bits per heavy atom. The summed E-state index contributed by atoms with van der Waals surface area (Å²) in [4.78, 5) is 0. The maximum absolute atomic E-state index is 13.3. The van der Waals surface area contributed by atoms with Crippen LogP contribution in [-0.2, 0) is 6.42 Å². The van der Waals surface area contributed by atoms with Crippen LogP contribution in [0.3, 0.4) is 0 Å². The van der Waals surface area contributed by atoms with Crippen LogP contribution in [0.1, 0.15) is 18.4 Å². The second kappa shape index (κ2) is 7.64. The fourth-order valence-electron chi connectivity index (χ4n) is 2.14. The summed E-state index contributed by atoms with van der Waals surface area (Å²) in [6, 6.07) is 7.56. The minimum absolute atomic E-state index is 0. The SMILES string of the molecule is Cl.Fc1ccccc1CCNC1CCCNC1. The number of halogens is 2. The minimum Gasteiger partial charge on any atom is -0.315 e. The Bertz CT molecular complexity index is 327. The van der Waals surface area contributed by atoms with Gasteiger partial charge in [0.15, 0.2) is 0 Å². The van der Waals surface area contributed by atoms with E-state index in [0.29, 0.717) is 6.04 Å². The summed E-state index contributed by atoms with van der Waals surface area (Å²) >= 11 is 0. The molecule has 0 aromatic heterocycles. The zero-order valence-electron chi connectivity index (χ0n) is 9.92.